The number of nitrogens with one attached hydrogen (secondary N) is 9. The van der Waals surface area contributed by atoms with E-state index in [1.165, 1.54) is 20.8 Å². The number of fused-ring (bicyclic) bond motifs is 1. The number of amides is 8. The molecule has 1 fully saturated rings. The summed E-state index contributed by atoms with van der Waals surface area (Å²) in [5.41, 5.74) is 6.19. The lowest BCUT2D eigenvalue weighted by molar-refractivity contribution is -0.141. The number of aromatic amines is 1. The van der Waals surface area contributed by atoms with Gasteiger partial charge < -0.3 is 73.3 Å². The van der Waals surface area contributed by atoms with E-state index in [4.69, 9.17) is 10.5 Å². The number of nitrogens with two attached hydrogens (primary N) is 1. The summed E-state index contributed by atoms with van der Waals surface area (Å²) in [4.78, 5) is 117. The first kappa shape index (κ1) is 63.1. The number of hydrogen-bond acceptors (Lipinski definition) is 15. The Bertz CT molecular complexity index is 2690. The van der Waals surface area contributed by atoms with Crippen LogP contribution in [0.2, 0.25) is 0 Å². The Morgan fingerprint density at radius 2 is 1.37 bits per heavy atom. The van der Waals surface area contributed by atoms with Gasteiger partial charge in [-0.2, -0.15) is 0 Å². The van der Waals surface area contributed by atoms with Crippen LogP contribution in [-0.2, 0) is 57.6 Å². The summed E-state index contributed by atoms with van der Waals surface area (Å²) in [5, 5.41) is 53.9. The molecular formula is C55H76N10O12S2. The lowest BCUT2D eigenvalue weighted by Crippen LogP contribution is -2.68. The summed E-state index contributed by atoms with van der Waals surface area (Å²) < 4.78 is 5.34. The second kappa shape index (κ2) is 30.0. The monoisotopic (exact) mass is 1130 g/mol. The van der Waals surface area contributed by atoms with Gasteiger partial charge in [-0.15, -0.1) is 0 Å². The molecule has 8 amide bonds. The number of unbranched alkanes of at least 4 members (excludes halogenated alkanes) is 1. The van der Waals surface area contributed by atoms with E-state index in [1.54, 1.807) is 81.6 Å². The van der Waals surface area contributed by atoms with Crippen LogP contribution in [0.4, 0.5) is 4.79 Å². The molecule has 0 bridgehead atoms. The van der Waals surface area contributed by atoms with E-state index >= 15 is 0 Å². The number of benzene rings is 3. The molecule has 1 aliphatic rings. The molecule has 0 aliphatic carbocycles. The van der Waals surface area contributed by atoms with Gasteiger partial charge in [0.1, 0.15) is 41.3 Å². The fraction of sp³-hybridized carbons (Fsp3) is 0.491. The van der Waals surface area contributed by atoms with E-state index in [-0.39, 0.29) is 56.6 Å². The van der Waals surface area contributed by atoms with Gasteiger partial charge in [0.05, 0.1) is 30.9 Å². The number of aliphatic hydroxyl groups excluding tert-OH is 3. The van der Waals surface area contributed by atoms with Crippen LogP contribution in [0.25, 0.3) is 10.9 Å². The number of carbonyl (C=O) groups is 8. The highest BCUT2D eigenvalue weighted by Gasteiger charge is 2.44. The smallest absolute Gasteiger partial charge is 0.407 e. The van der Waals surface area contributed by atoms with Crippen molar-refractivity contribution in [2.24, 2.45) is 5.73 Å². The van der Waals surface area contributed by atoms with Crippen LogP contribution < -0.4 is 48.3 Å². The zero-order valence-electron chi connectivity index (χ0n) is 45.3. The Balaban J connectivity index is 1.58. The topological polar surface area (TPSA) is 345 Å². The average molecular weight is 1130 g/mol. The zero-order chi connectivity index (χ0) is 57.9. The first-order chi connectivity index (χ1) is 37.5. The van der Waals surface area contributed by atoms with Crippen LogP contribution in [0.3, 0.4) is 0 Å². The van der Waals surface area contributed by atoms with Gasteiger partial charge in [-0.3, -0.25) is 33.6 Å². The van der Waals surface area contributed by atoms with Gasteiger partial charge in [0.2, 0.25) is 41.4 Å². The largest absolute Gasteiger partial charge is 0.444 e. The number of rotatable bonds is 18. The minimum atomic E-state index is -2.19. The predicted octanol–water partition coefficient (Wildman–Crippen LogP) is 1.15. The molecule has 0 radical (unpaired) electrons. The number of hydrogen-bond donors (Lipinski definition) is 13. The summed E-state index contributed by atoms with van der Waals surface area (Å²) >= 11 is 0. The lowest BCUT2D eigenvalue weighted by atomic mass is 9.93. The third-order valence-corrected chi connectivity index (χ3v) is 15.5. The molecule has 1 aliphatic heterocycles. The molecule has 0 saturated carbocycles. The van der Waals surface area contributed by atoms with Crippen LogP contribution >= 0.6 is 21.6 Å². The van der Waals surface area contributed by atoms with Crippen LogP contribution in [0.15, 0.2) is 91.1 Å². The van der Waals surface area contributed by atoms with Crippen molar-refractivity contribution >= 4 is 79.9 Å². The van der Waals surface area contributed by atoms with E-state index in [9.17, 15) is 53.7 Å². The fourth-order valence-electron chi connectivity index (χ4n) is 8.29. The molecule has 79 heavy (non-hydrogen) atoms. The first-order valence-corrected chi connectivity index (χ1v) is 28.7. The second-order valence-corrected chi connectivity index (χ2v) is 23.3. The fourth-order valence-corrected chi connectivity index (χ4v) is 10.6. The second-order valence-electron chi connectivity index (χ2n) is 20.7. The molecule has 3 aromatic carbocycles. The molecule has 14 N–H and O–H groups in total. The summed E-state index contributed by atoms with van der Waals surface area (Å²) in [6.07, 6.45) is -1.52. The van der Waals surface area contributed by atoms with Crippen molar-refractivity contribution in [3.63, 3.8) is 0 Å². The standard InChI is InChI=1S/C55H76N10O12S2/c1-32(67)43(29-66)62-50(73)45-31-79-78-30-44(63-46(69)38(56)25-34-17-9-7-10-18-34)49(72)60-41(26-35-19-11-8-12-20-35)47(70)61-42(27-36-28-58-39-22-14-13-21-37(36)39)48(71)59-40(23-15-16-24-57-53(76)77-54(3,4)5)51(74)65-55(6,33(2)68)52(75)64-45/h7-14,17-22,28,32-33,38,40-45,58,66-68H,15-16,23-27,29-31,56H2,1-6H3,(H,57,76)(H,59,71)(H,60,72)(H,61,70)(H,62,73)(H,63,69)(H,64,75)(H,65,74)/t32-,33-,38-,40+,41+,42-,43-,44+,45+,55+/m1/s1. The first-order valence-electron chi connectivity index (χ1n) is 26.2. The van der Waals surface area contributed by atoms with Gasteiger partial charge in [-0.1, -0.05) is 100 Å². The average Bonchev–Trinajstić information content (AvgIpc) is 3.81. The molecule has 0 unspecified atom stereocenters. The van der Waals surface area contributed by atoms with Crippen molar-refractivity contribution < 1.29 is 58.4 Å². The highest BCUT2D eigenvalue weighted by atomic mass is 33.1. The van der Waals surface area contributed by atoms with Gasteiger partial charge >= 0.3 is 6.09 Å². The molecule has 24 heteroatoms. The van der Waals surface area contributed by atoms with Crippen LogP contribution in [-0.4, -0.2) is 158 Å². The van der Waals surface area contributed by atoms with Crippen molar-refractivity contribution in [1.82, 2.24) is 47.5 Å². The number of aromatic nitrogens is 1. The molecule has 4 aromatic rings. The van der Waals surface area contributed by atoms with Crippen molar-refractivity contribution in [2.45, 2.75) is 146 Å². The molecule has 10 atom stereocenters. The van der Waals surface area contributed by atoms with Crippen molar-refractivity contribution in [2.75, 3.05) is 24.7 Å². The normalized spacial score (nSPS) is 22.8. The summed E-state index contributed by atoms with van der Waals surface area (Å²) in [5.74, 6) is -6.37. The van der Waals surface area contributed by atoms with Gasteiger partial charge in [-0.05, 0) is 90.0 Å². The third-order valence-electron chi connectivity index (χ3n) is 13.1. The van der Waals surface area contributed by atoms with E-state index in [1.807, 2.05) is 30.3 Å². The molecule has 430 valence electrons. The minimum Gasteiger partial charge on any atom is -0.444 e. The van der Waals surface area contributed by atoms with Crippen LogP contribution in [0.5, 0.6) is 0 Å². The number of H-pyrrole nitrogens is 1. The van der Waals surface area contributed by atoms with E-state index in [2.05, 4.69) is 47.5 Å². The molecule has 1 saturated heterocycles. The van der Waals surface area contributed by atoms with Gasteiger partial charge in [0.15, 0.2) is 0 Å². The van der Waals surface area contributed by atoms with Crippen LogP contribution in [0.1, 0.15) is 77.5 Å². The number of aliphatic hydroxyl groups is 3. The summed E-state index contributed by atoms with van der Waals surface area (Å²) in [6.45, 7) is 8.40. The predicted molar refractivity (Wildman–Crippen MR) is 302 cm³/mol. The minimum absolute atomic E-state index is 0.0754. The summed E-state index contributed by atoms with van der Waals surface area (Å²) in [6, 6.07) is 15.7. The van der Waals surface area contributed by atoms with Gasteiger partial charge in [0, 0.05) is 48.0 Å². The Hall–Kier alpha value is -6.70. The van der Waals surface area contributed by atoms with Crippen LogP contribution in [0, 0.1) is 0 Å². The molecule has 0 spiro atoms. The molecular weight excluding hydrogens is 1060 g/mol. The number of alkyl carbamates (subject to hydrolysis) is 1. The van der Waals surface area contributed by atoms with E-state index in [0.29, 0.717) is 11.1 Å². The van der Waals surface area contributed by atoms with E-state index < -0.39 is 120 Å². The maximum atomic E-state index is 15.0. The zero-order valence-corrected chi connectivity index (χ0v) is 47.0. The SMILES string of the molecule is C[C@@H](O)[C@@H](CO)NC(=O)[C@@H]1CSSC[C@H](NC(=O)[C@H](N)Cc2ccccc2)C(=O)N[C@@H](Cc2ccccc2)C(=O)N[C@H](Cc2c[nH]c3ccccc23)C(=O)N[C@@H](CCCCNC(=O)OC(C)(C)C)C(=O)N[C@@](C)([C@@H](C)O)C(=O)N1. The lowest BCUT2D eigenvalue weighted by Gasteiger charge is -2.35. The van der Waals surface area contributed by atoms with Gasteiger partial charge in [-0.25, -0.2) is 4.79 Å². The molecule has 5 rings (SSSR count). The molecule has 1 aromatic heterocycles. The highest BCUT2D eigenvalue weighted by Crippen LogP contribution is 2.25. The molecule has 2 heterocycles. The van der Waals surface area contributed by atoms with Gasteiger partial charge in [0.25, 0.3) is 0 Å². The molecule has 22 nitrogen and oxygen atoms in total. The Labute approximate surface area is 467 Å². The summed E-state index contributed by atoms with van der Waals surface area (Å²) in [7, 11) is 2.02. The maximum absolute atomic E-state index is 15.0. The highest BCUT2D eigenvalue weighted by molar-refractivity contribution is 8.76. The Morgan fingerprint density at radius 3 is 2.00 bits per heavy atom. The van der Waals surface area contributed by atoms with Crippen molar-refractivity contribution in [3.05, 3.63) is 108 Å². The third kappa shape index (κ3) is 19.6. The number of para-hydroxylation sites is 1. The van der Waals surface area contributed by atoms with Crippen molar-refractivity contribution in [1.29, 1.82) is 0 Å². The Kier molecular flexibility index (Phi) is 24.0. The quantitative estimate of drug-likeness (QED) is 0.0491. The number of ether oxygens (including phenoxy) is 1. The maximum Gasteiger partial charge on any atom is 0.407 e. The van der Waals surface area contributed by atoms with Crippen molar-refractivity contribution in [3.8, 4) is 0 Å². The Morgan fingerprint density at radius 1 is 0.772 bits per heavy atom. The number of carbonyl (C=O) groups excluding carboxylic acids is 8. The van der Waals surface area contributed by atoms with E-state index in [0.717, 1.165) is 38.1 Å².